The van der Waals surface area contributed by atoms with E-state index in [-0.39, 0.29) is 17.8 Å². The average Bonchev–Trinajstić information content (AvgIpc) is 3.12. The van der Waals surface area contributed by atoms with Gasteiger partial charge in [0.1, 0.15) is 0 Å². The van der Waals surface area contributed by atoms with Gasteiger partial charge >= 0.3 is 5.97 Å². The van der Waals surface area contributed by atoms with E-state index in [1.54, 1.807) is 11.3 Å². The molecule has 2 heterocycles. The summed E-state index contributed by atoms with van der Waals surface area (Å²) in [7, 11) is 0. The molecule has 0 aliphatic carbocycles. The van der Waals surface area contributed by atoms with Crippen LogP contribution in [-0.2, 0) is 20.9 Å². The largest absolute Gasteiger partial charge is 0.465 e. The van der Waals surface area contributed by atoms with Gasteiger partial charge in [-0.1, -0.05) is 13.3 Å². The monoisotopic (exact) mass is 309 g/mol. The fourth-order valence-electron chi connectivity index (χ4n) is 2.50. The molecule has 0 unspecified atom stereocenters. The van der Waals surface area contributed by atoms with E-state index < -0.39 is 0 Å². The molecule has 0 spiro atoms. The third-order valence-corrected chi connectivity index (χ3v) is 4.57. The Morgan fingerprint density at radius 3 is 3.00 bits per heavy atom. The smallest absolute Gasteiger partial charge is 0.309 e. The number of hydrogen-bond acceptors (Lipinski definition) is 4. The van der Waals surface area contributed by atoms with Crippen molar-refractivity contribution < 1.29 is 14.3 Å². The van der Waals surface area contributed by atoms with Gasteiger partial charge in [0.05, 0.1) is 12.5 Å². The van der Waals surface area contributed by atoms with E-state index >= 15 is 0 Å². The molecule has 1 fully saturated rings. The van der Waals surface area contributed by atoms with E-state index in [0.717, 1.165) is 25.8 Å². The van der Waals surface area contributed by atoms with Gasteiger partial charge in [0.2, 0.25) is 5.91 Å². The van der Waals surface area contributed by atoms with Crippen molar-refractivity contribution in [2.24, 2.45) is 5.92 Å². The van der Waals surface area contributed by atoms with Crippen LogP contribution in [0.5, 0.6) is 0 Å². The topological polar surface area (TPSA) is 46.6 Å². The SMILES string of the molecule is CCCCN(Cc1ccsc1)C(=O)CC[C@H]1CCOC1=O. The number of carbonyl (C=O) groups excluding carboxylic acids is 2. The molecular formula is C16H23NO3S. The highest BCUT2D eigenvalue weighted by Crippen LogP contribution is 2.21. The van der Waals surface area contributed by atoms with Crippen molar-refractivity contribution in [2.75, 3.05) is 13.2 Å². The van der Waals surface area contributed by atoms with Crippen molar-refractivity contribution in [2.45, 2.75) is 45.6 Å². The van der Waals surface area contributed by atoms with Crippen LogP contribution >= 0.6 is 11.3 Å². The van der Waals surface area contributed by atoms with E-state index in [4.69, 9.17) is 4.74 Å². The first-order valence-electron chi connectivity index (χ1n) is 7.66. The van der Waals surface area contributed by atoms with Gasteiger partial charge in [0.15, 0.2) is 0 Å². The number of nitrogens with zero attached hydrogens (tertiary/aromatic N) is 1. The summed E-state index contributed by atoms with van der Waals surface area (Å²) in [5, 5.41) is 4.12. The molecule has 1 aliphatic rings. The number of esters is 1. The molecule has 0 bridgehead atoms. The molecule has 1 aromatic rings. The van der Waals surface area contributed by atoms with Crippen molar-refractivity contribution >= 4 is 23.2 Å². The number of amides is 1. The Morgan fingerprint density at radius 1 is 1.52 bits per heavy atom. The van der Waals surface area contributed by atoms with E-state index in [0.29, 0.717) is 26.0 Å². The predicted molar refractivity (Wildman–Crippen MR) is 82.9 cm³/mol. The lowest BCUT2D eigenvalue weighted by Gasteiger charge is -2.22. The summed E-state index contributed by atoms with van der Waals surface area (Å²) in [6.07, 6.45) is 3.90. The van der Waals surface area contributed by atoms with Crippen molar-refractivity contribution in [3.05, 3.63) is 22.4 Å². The van der Waals surface area contributed by atoms with Gasteiger partial charge in [-0.05, 0) is 41.7 Å². The Kier molecular flexibility index (Phi) is 6.23. The van der Waals surface area contributed by atoms with Crippen LogP contribution in [0.25, 0.3) is 0 Å². The lowest BCUT2D eigenvalue weighted by molar-refractivity contribution is -0.141. The van der Waals surface area contributed by atoms with E-state index in [1.165, 1.54) is 5.56 Å². The molecule has 0 N–H and O–H groups in total. The third-order valence-electron chi connectivity index (χ3n) is 3.84. The minimum absolute atomic E-state index is 0.0804. The Hall–Kier alpha value is -1.36. The highest BCUT2D eigenvalue weighted by Gasteiger charge is 2.27. The van der Waals surface area contributed by atoms with Crippen LogP contribution in [-0.4, -0.2) is 29.9 Å². The highest BCUT2D eigenvalue weighted by molar-refractivity contribution is 7.07. The van der Waals surface area contributed by atoms with Crippen molar-refractivity contribution in [3.8, 4) is 0 Å². The molecule has 1 amide bonds. The number of thiophene rings is 1. The van der Waals surface area contributed by atoms with Gasteiger partial charge < -0.3 is 9.64 Å². The highest BCUT2D eigenvalue weighted by atomic mass is 32.1. The molecule has 4 nitrogen and oxygen atoms in total. The minimum atomic E-state index is -0.138. The summed E-state index contributed by atoms with van der Waals surface area (Å²) in [4.78, 5) is 25.8. The molecule has 1 saturated heterocycles. The summed E-state index contributed by atoms with van der Waals surface area (Å²) < 4.78 is 4.95. The number of ether oxygens (including phenoxy) is 1. The van der Waals surface area contributed by atoms with Crippen molar-refractivity contribution in [3.63, 3.8) is 0 Å². The second kappa shape index (κ2) is 8.17. The Bertz CT molecular complexity index is 458. The van der Waals surface area contributed by atoms with E-state index in [1.807, 2.05) is 10.3 Å². The van der Waals surface area contributed by atoms with Crippen LogP contribution < -0.4 is 0 Å². The Balaban J connectivity index is 1.85. The Labute approximate surface area is 130 Å². The maximum Gasteiger partial charge on any atom is 0.309 e. The molecule has 0 saturated carbocycles. The van der Waals surface area contributed by atoms with Gasteiger partial charge in [0, 0.05) is 19.5 Å². The van der Waals surface area contributed by atoms with Crippen LogP contribution in [0, 0.1) is 5.92 Å². The fourth-order valence-corrected chi connectivity index (χ4v) is 3.16. The van der Waals surface area contributed by atoms with Crippen molar-refractivity contribution in [1.82, 2.24) is 4.90 Å². The lowest BCUT2D eigenvalue weighted by atomic mass is 10.0. The van der Waals surface area contributed by atoms with Crippen LogP contribution in [0.3, 0.4) is 0 Å². The molecule has 0 radical (unpaired) electrons. The quantitative estimate of drug-likeness (QED) is 0.693. The van der Waals surface area contributed by atoms with Crippen LogP contribution in [0.15, 0.2) is 16.8 Å². The van der Waals surface area contributed by atoms with Crippen LogP contribution in [0.2, 0.25) is 0 Å². The third kappa shape index (κ3) is 4.84. The van der Waals surface area contributed by atoms with Gasteiger partial charge in [0.25, 0.3) is 0 Å². The molecule has 2 rings (SSSR count). The lowest BCUT2D eigenvalue weighted by Crippen LogP contribution is -2.31. The minimum Gasteiger partial charge on any atom is -0.465 e. The normalized spacial score (nSPS) is 17.8. The summed E-state index contributed by atoms with van der Waals surface area (Å²) in [5.74, 6) is -0.0711. The summed E-state index contributed by atoms with van der Waals surface area (Å²) in [6.45, 7) is 4.10. The fraction of sp³-hybridized carbons (Fsp3) is 0.625. The van der Waals surface area contributed by atoms with Gasteiger partial charge in [-0.15, -0.1) is 0 Å². The predicted octanol–water partition coefficient (Wildman–Crippen LogP) is 3.22. The second-order valence-electron chi connectivity index (χ2n) is 5.49. The zero-order valence-corrected chi connectivity index (χ0v) is 13.4. The van der Waals surface area contributed by atoms with Crippen LogP contribution in [0.4, 0.5) is 0 Å². The van der Waals surface area contributed by atoms with E-state index in [9.17, 15) is 9.59 Å². The first-order chi connectivity index (χ1) is 10.2. The first kappa shape index (κ1) is 16.0. The Morgan fingerprint density at radius 2 is 2.38 bits per heavy atom. The van der Waals surface area contributed by atoms with Gasteiger partial charge in [-0.2, -0.15) is 11.3 Å². The number of unbranched alkanes of at least 4 members (excludes halogenated alkanes) is 1. The zero-order chi connectivity index (χ0) is 15.1. The second-order valence-corrected chi connectivity index (χ2v) is 6.27. The number of cyclic esters (lactones) is 1. The molecule has 0 aromatic carbocycles. The molecule has 21 heavy (non-hydrogen) atoms. The maximum absolute atomic E-state index is 12.4. The molecule has 116 valence electrons. The van der Waals surface area contributed by atoms with Crippen molar-refractivity contribution in [1.29, 1.82) is 0 Å². The summed E-state index contributed by atoms with van der Waals surface area (Å²) in [6, 6.07) is 2.06. The number of hydrogen-bond donors (Lipinski definition) is 0. The molecular weight excluding hydrogens is 286 g/mol. The first-order valence-corrected chi connectivity index (χ1v) is 8.60. The molecule has 1 aliphatic heterocycles. The number of rotatable bonds is 8. The van der Waals surface area contributed by atoms with Gasteiger partial charge in [-0.3, -0.25) is 9.59 Å². The standard InChI is InChI=1S/C16H23NO3S/c1-2-3-8-17(11-13-7-10-21-12-13)15(18)5-4-14-6-9-20-16(14)19/h7,10,12,14H,2-6,8-9,11H2,1H3/t14-/m0/s1. The summed E-state index contributed by atoms with van der Waals surface area (Å²) in [5.41, 5.74) is 1.18. The molecule has 5 heteroatoms. The molecule has 1 atom stereocenters. The average molecular weight is 309 g/mol. The van der Waals surface area contributed by atoms with Gasteiger partial charge in [-0.25, -0.2) is 0 Å². The number of carbonyl (C=O) groups is 2. The maximum atomic E-state index is 12.4. The van der Waals surface area contributed by atoms with Crippen LogP contribution in [0.1, 0.15) is 44.6 Å². The summed E-state index contributed by atoms with van der Waals surface area (Å²) >= 11 is 1.65. The molecule has 1 aromatic heterocycles. The zero-order valence-electron chi connectivity index (χ0n) is 12.5. The van der Waals surface area contributed by atoms with E-state index in [2.05, 4.69) is 18.4 Å².